The van der Waals surface area contributed by atoms with E-state index in [1.807, 2.05) is 42.3 Å². The number of benzene rings is 2. The summed E-state index contributed by atoms with van der Waals surface area (Å²) in [6, 6.07) is 17.3. The summed E-state index contributed by atoms with van der Waals surface area (Å²) < 4.78 is 35.3. The molecule has 2 aromatic carbocycles. The molecule has 1 aromatic heterocycles. The van der Waals surface area contributed by atoms with E-state index < -0.39 is 15.9 Å². The van der Waals surface area contributed by atoms with Crippen molar-refractivity contribution in [3.63, 3.8) is 0 Å². The lowest BCUT2D eigenvalue weighted by atomic mass is 10.1. The van der Waals surface area contributed by atoms with Crippen LogP contribution < -0.4 is 5.32 Å². The third-order valence-electron chi connectivity index (χ3n) is 5.41. The van der Waals surface area contributed by atoms with Gasteiger partial charge in [0.15, 0.2) is 5.76 Å². The zero-order chi connectivity index (χ0) is 22.6. The van der Waals surface area contributed by atoms with Crippen molar-refractivity contribution >= 4 is 27.5 Å². The van der Waals surface area contributed by atoms with Crippen LogP contribution in [0.3, 0.4) is 0 Å². The molecule has 3 aromatic rings. The summed E-state index contributed by atoms with van der Waals surface area (Å²) in [6.07, 6.45) is 5.09. The summed E-state index contributed by atoms with van der Waals surface area (Å²) in [5, 5.41) is 2.73. The van der Waals surface area contributed by atoms with Crippen molar-refractivity contribution in [2.75, 3.05) is 18.9 Å². The molecule has 32 heavy (non-hydrogen) atoms. The van der Waals surface area contributed by atoms with Crippen molar-refractivity contribution in [3.05, 3.63) is 72.7 Å². The largest absolute Gasteiger partial charge is 0.459 e. The van der Waals surface area contributed by atoms with Crippen LogP contribution in [-0.4, -0.2) is 38.7 Å². The van der Waals surface area contributed by atoms with E-state index >= 15 is 0 Å². The van der Waals surface area contributed by atoms with E-state index in [4.69, 9.17) is 4.42 Å². The number of carbonyl (C=O) groups is 1. The van der Waals surface area contributed by atoms with Crippen molar-refractivity contribution in [1.82, 2.24) is 4.90 Å². The van der Waals surface area contributed by atoms with Gasteiger partial charge in [-0.3, -0.25) is 4.79 Å². The second kappa shape index (κ2) is 9.40. The van der Waals surface area contributed by atoms with Crippen molar-refractivity contribution in [2.24, 2.45) is 4.40 Å². The van der Waals surface area contributed by atoms with Crippen LogP contribution >= 0.6 is 0 Å². The molecule has 0 atom stereocenters. The number of hydrogen-bond acceptors (Lipinski definition) is 4. The zero-order valence-corrected chi connectivity index (χ0v) is 18.6. The van der Waals surface area contributed by atoms with Crippen LogP contribution in [0.15, 0.2) is 80.6 Å². The van der Waals surface area contributed by atoms with Gasteiger partial charge in [-0.1, -0.05) is 42.8 Å². The van der Waals surface area contributed by atoms with Gasteiger partial charge in [0.2, 0.25) is 0 Å². The van der Waals surface area contributed by atoms with E-state index in [2.05, 4.69) is 9.71 Å². The van der Waals surface area contributed by atoms with Gasteiger partial charge < -0.3 is 14.6 Å². The predicted octanol–water partition coefficient (Wildman–Crippen LogP) is 4.79. The number of likely N-dealkylation sites (tertiary alicyclic amines) is 1. The first kappa shape index (κ1) is 21.8. The summed E-state index contributed by atoms with van der Waals surface area (Å²) in [5.41, 5.74) is 1.86. The lowest BCUT2D eigenvalue weighted by Gasteiger charge is -2.17. The number of carbonyl (C=O) groups excluding carboxylic acids is 1. The van der Waals surface area contributed by atoms with Crippen molar-refractivity contribution in [3.8, 4) is 11.1 Å². The molecule has 0 bridgehead atoms. The molecule has 7 nitrogen and oxygen atoms in total. The molecular weight excluding hydrogens is 426 g/mol. The van der Waals surface area contributed by atoms with Gasteiger partial charge in [-0.2, -0.15) is 8.42 Å². The highest BCUT2D eigenvalue weighted by Crippen LogP contribution is 2.26. The van der Waals surface area contributed by atoms with Gasteiger partial charge in [0, 0.05) is 31.3 Å². The zero-order valence-electron chi connectivity index (χ0n) is 17.8. The molecule has 8 heteroatoms. The minimum atomic E-state index is -3.90. The van der Waals surface area contributed by atoms with Crippen LogP contribution in [0.1, 0.15) is 36.2 Å². The van der Waals surface area contributed by atoms with E-state index in [-0.39, 0.29) is 10.7 Å². The maximum absolute atomic E-state index is 12.9. The molecule has 166 valence electrons. The van der Waals surface area contributed by atoms with Crippen LogP contribution in [0.4, 0.5) is 5.69 Å². The van der Waals surface area contributed by atoms with E-state index in [0.717, 1.165) is 31.4 Å². The Balaban J connectivity index is 1.56. The number of amides is 1. The number of rotatable bonds is 5. The summed E-state index contributed by atoms with van der Waals surface area (Å²) in [6.45, 7) is 0.789. The second-order valence-electron chi connectivity index (χ2n) is 7.73. The molecule has 4 rings (SSSR count). The molecule has 1 amide bonds. The highest BCUT2D eigenvalue weighted by atomic mass is 32.2. The fourth-order valence-corrected chi connectivity index (χ4v) is 4.83. The van der Waals surface area contributed by atoms with Crippen LogP contribution in [0.5, 0.6) is 0 Å². The third-order valence-corrected chi connectivity index (χ3v) is 6.71. The molecule has 1 N–H and O–H groups in total. The first-order valence-electron chi connectivity index (χ1n) is 10.5. The van der Waals surface area contributed by atoms with Gasteiger partial charge in [0.25, 0.3) is 15.9 Å². The SMILES string of the molecule is CN1CCCCC/C1=N\S(=O)(=O)c1cccc(NC(=O)c2occc2-c2ccccc2)c1. The van der Waals surface area contributed by atoms with Crippen molar-refractivity contribution in [2.45, 2.75) is 30.6 Å². The first-order chi connectivity index (χ1) is 15.4. The van der Waals surface area contributed by atoms with Crippen LogP contribution in [0, 0.1) is 0 Å². The Labute approximate surface area is 187 Å². The Kier molecular flexibility index (Phi) is 6.41. The van der Waals surface area contributed by atoms with Gasteiger partial charge in [0.1, 0.15) is 5.84 Å². The molecule has 0 saturated carbocycles. The number of hydrogen-bond donors (Lipinski definition) is 1. The van der Waals surface area contributed by atoms with Gasteiger partial charge in [-0.05, 0) is 42.7 Å². The van der Waals surface area contributed by atoms with E-state index in [9.17, 15) is 13.2 Å². The molecule has 1 fully saturated rings. The van der Waals surface area contributed by atoms with E-state index in [0.29, 0.717) is 23.5 Å². The van der Waals surface area contributed by atoms with E-state index in [1.165, 1.54) is 18.4 Å². The van der Waals surface area contributed by atoms with Gasteiger partial charge in [0.05, 0.1) is 11.2 Å². The van der Waals surface area contributed by atoms with Gasteiger partial charge in [-0.15, -0.1) is 4.40 Å². The smallest absolute Gasteiger partial charge is 0.292 e. The molecule has 0 unspecified atom stereocenters. The number of nitrogens with one attached hydrogen (secondary N) is 1. The molecule has 1 saturated heterocycles. The standard InChI is InChI=1S/C24H25N3O4S/c1-27-15-7-3-6-13-22(27)26-32(29,30)20-12-8-11-19(17-20)25-24(28)23-21(14-16-31-23)18-9-4-2-5-10-18/h2,4-5,8-12,14,16-17H,3,6-7,13,15H2,1H3,(H,25,28)/b26-22+. The quantitative estimate of drug-likeness (QED) is 0.602. The number of furan rings is 1. The predicted molar refractivity (Wildman–Crippen MR) is 124 cm³/mol. The Morgan fingerprint density at radius 1 is 1.03 bits per heavy atom. The molecule has 0 spiro atoms. The molecule has 0 radical (unpaired) electrons. The minimum absolute atomic E-state index is 0.0307. The molecule has 1 aliphatic heterocycles. The average molecular weight is 452 g/mol. The number of anilines is 1. The van der Waals surface area contributed by atoms with Crippen LogP contribution in [0.25, 0.3) is 11.1 Å². The monoisotopic (exact) mass is 451 g/mol. The fourth-order valence-electron chi connectivity index (χ4n) is 3.69. The topological polar surface area (TPSA) is 92.0 Å². The molecule has 2 heterocycles. The normalized spacial score (nSPS) is 16.0. The summed E-state index contributed by atoms with van der Waals surface area (Å²) in [7, 11) is -2.04. The van der Waals surface area contributed by atoms with E-state index in [1.54, 1.807) is 18.2 Å². The maximum Gasteiger partial charge on any atom is 0.292 e. The second-order valence-corrected chi connectivity index (χ2v) is 9.33. The number of amidine groups is 1. The van der Waals surface area contributed by atoms with Crippen LogP contribution in [-0.2, 0) is 10.0 Å². The lowest BCUT2D eigenvalue weighted by molar-refractivity contribution is 0.0997. The van der Waals surface area contributed by atoms with Gasteiger partial charge >= 0.3 is 0 Å². The highest BCUT2D eigenvalue weighted by molar-refractivity contribution is 7.90. The molecule has 1 aliphatic rings. The molecular formula is C24H25N3O4S. The van der Waals surface area contributed by atoms with Crippen molar-refractivity contribution < 1.29 is 17.6 Å². The first-order valence-corrected chi connectivity index (χ1v) is 12.0. The highest BCUT2D eigenvalue weighted by Gasteiger charge is 2.20. The maximum atomic E-state index is 12.9. The lowest BCUT2D eigenvalue weighted by Crippen LogP contribution is -2.26. The Morgan fingerprint density at radius 3 is 2.66 bits per heavy atom. The third kappa shape index (κ3) is 4.91. The fraction of sp³-hybridized carbons (Fsp3) is 0.250. The Bertz CT molecular complexity index is 1230. The van der Waals surface area contributed by atoms with Gasteiger partial charge in [-0.25, -0.2) is 0 Å². The summed E-state index contributed by atoms with van der Waals surface area (Å²) in [5.74, 6) is 0.267. The average Bonchev–Trinajstić information content (AvgIpc) is 3.20. The minimum Gasteiger partial charge on any atom is -0.459 e. The van der Waals surface area contributed by atoms with Crippen molar-refractivity contribution in [1.29, 1.82) is 0 Å². The number of nitrogens with zero attached hydrogens (tertiary/aromatic N) is 2. The number of sulfonamides is 1. The Hall–Kier alpha value is -3.39. The summed E-state index contributed by atoms with van der Waals surface area (Å²) >= 11 is 0. The molecule has 0 aliphatic carbocycles. The summed E-state index contributed by atoms with van der Waals surface area (Å²) in [4.78, 5) is 14.8. The van der Waals surface area contributed by atoms with Crippen LogP contribution in [0.2, 0.25) is 0 Å². The Morgan fingerprint density at radius 2 is 1.84 bits per heavy atom.